The molecule has 0 aliphatic rings. The van der Waals surface area contributed by atoms with Gasteiger partial charge in [0.2, 0.25) is 0 Å². The Morgan fingerprint density at radius 1 is 1.05 bits per heavy atom. The number of hydrogen-bond acceptors (Lipinski definition) is 2. The molecule has 1 N–H and O–H groups in total. The molecule has 1 heterocycles. The van der Waals surface area contributed by atoms with E-state index in [4.69, 9.17) is 0 Å². The van der Waals surface area contributed by atoms with E-state index in [1.807, 2.05) is 31.2 Å². The minimum atomic E-state index is -0.159. The van der Waals surface area contributed by atoms with Crippen LogP contribution in [-0.4, -0.2) is 6.54 Å². The summed E-state index contributed by atoms with van der Waals surface area (Å²) < 4.78 is 15.4. The molecule has 0 saturated heterocycles. The van der Waals surface area contributed by atoms with Gasteiger partial charge in [-0.15, -0.1) is 11.3 Å². The lowest BCUT2D eigenvalue weighted by molar-refractivity contribution is 0.561. The third kappa shape index (κ3) is 2.35. The Bertz CT molecular complexity index is 720. The largest absolute Gasteiger partial charge is 0.306 e. The third-order valence-corrected chi connectivity index (χ3v) is 4.43. The monoisotopic (exact) mass is 285 g/mol. The van der Waals surface area contributed by atoms with E-state index in [9.17, 15) is 4.39 Å². The van der Waals surface area contributed by atoms with E-state index >= 15 is 0 Å². The number of benzene rings is 2. The van der Waals surface area contributed by atoms with Crippen LogP contribution >= 0.6 is 11.3 Å². The smallest absolute Gasteiger partial charge is 0.128 e. The van der Waals surface area contributed by atoms with Crippen LogP contribution in [0.3, 0.4) is 0 Å². The molecule has 1 unspecified atom stereocenters. The summed E-state index contributed by atoms with van der Waals surface area (Å²) in [4.78, 5) is 0. The lowest BCUT2D eigenvalue weighted by Gasteiger charge is -2.19. The maximum absolute atomic E-state index is 14.1. The van der Waals surface area contributed by atoms with Gasteiger partial charge in [-0.1, -0.05) is 43.3 Å². The Kier molecular flexibility index (Phi) is 3.81. The molecule has 0 amide bonds. The molecule has 0 fully saturated rings. The van der Waals surface area contributed by atoms with Crippen molar-refractivity contribution in [3.8, 4) is 0 Å². The molecular formula is C17H16FNS. The van der Waals surface area contributed by atoms with Crippen LogP contribution in [0.25, 0.3) is 10.1 Å². The third-order valence-electron chi connectivity index (χ3n) is 3.45. The van der Waals surface area contributed by atoms with Crippen molar-refractivity contribution in [2.45, 2.75) is 13.0 Å². The predicted octanol–water partition coefficient (Wildman–Crippen LogP) is 4.74. The summed E-state index contributed by atoms with van der Waals surface area (Å²) in [6.45, 7) is 2.84. The van der Waals surface area contributed by atoms with E-state index in [0.29, 0.717) is 5.56 Å². The van der Waals surface area contributed by atoms with Crippen molar-refractivity contribution < 1.29 is 4.39 Å². The number of hydrogen-bond donors (Lipinski definition) is 1. The molecule has 0 radical (unpaired) electrons. The molecule has 1 aromatic heterocycles. The van der Waals surface area contributed by atoms with Crippen LogP contribution in [0.2, 0.25) is 0 Å². The molecule has 0 aliphatic carbocycles. The van der Waals surface area contributed by atoms with E-state index in [0.717, 1.165) is 12.1 Å². The molecule has 0 bridgehead atoms. The van der Waals surface area contributed by atoms with Crippen LogP contribution in [0, 0.1) is 5.82 Å². The number of nitrogens with one attached hydrogen (secondary N) is 1. The summed E-state index contributed by atoms with van der Waals surface area (Å²) in [6.07, 6.45) is 0. The highest BCUT2D eigenvalue weighted by Crippen LogP contribution is 2.34. The van der Waals surface area contributed by atoms with Gasteiger partial charge in [0.15, 0.2) is 0 Å². The van der Waals surface area contributed by atoms with Gasteiger partial charge in [0.05, 0.1) is 6.04 Å². The molecule has 0 spiro atoms. The maximum Gasteiger partial charge on any atom is 0.128 e. The highest BCUT2D eigenvalue weighted by molar-refractivity contribution is 7.17. The molecular weight excluding hydrogens is 269 g/mol. The molecule has 0 aliphatic heterocycles. The minimum Gasteiger partial charge on any atom is -0.306 e. The van der Waals surface area contributed by atoms with Gasteiger partial charge in [0, 0.05) is 10.3 Å². The molecule has 20 heavy (non-hydrogen) atoms. The van der Waals surface area contributed by atoms with Crippen molar-refractivity contribution >= 4 is 21.4 Å². The standard InChI is InChI=1S/C17H16FNS/c1-2-19-17(13-8-3-5-9-15(13)18)14-11-20-16-10-6-4-7-12(14)16/h3-11,17,19H,2H2,1H3. The van der Waals surface area contributed by atoms with Crippen LogP contribution < -0.4 is 5.32 Å². The van der Waals surface area contributed by atoms with Crippen LogP contribution in [0.5, 0.6) is 0 Å². The van der Waals surface area contributed by atoms with Gasteiger partial charge in [-0.2, -0.15) is 0 Å². The summed E-state index contributed by atoms with van der Waals surface area (Å²) in [7, 11) is 0. The van der Waals surface area contributed by atoms with Gasteiger partial charge >= 0.3 is 0 Å². The van der Waals surface area contributed by atoms with E-state index in [1.54, 1.807) is 17.4 Å². The SMILES string of the molecule is CCNC(c1ccccc1F)c1csc2ccccc12. The number of rotatable bonds is 4. The molecule has 3 aromatic rings. The van der Waals surface area contributed by atoms with Gasteiger partial charge in [0.1, 0.15) is 5.82 Å². The molecule has 3 heteroatoms. The van der Waals surface area contributed by atoms with Crippen molar-refractivity contribution in [3.05, 3.63) is 70.9 Å². The molecule has 0 saturated carbocycles. The highest BCUT2D eigenvalue weighted by atomic mass is 32.1. The highest BCUT2D eigenvalue weighted by Gasteiger charge is 2.19. The quantitative estimate of drug-likeness (QED) is 0.730. The fraction of sp³-hybridized carbons (Fsp3) is 0.176. The minimum absolute atomic E-state index is 0.0997. The van der Waals surface area contributed by atoms with E-state index in [1.165, 1.54) is 16.2 Å². The van der Waals surface area contributed by atoms with Gasteiger partial charge in [0.25, 0.3) is 0 Å². The molecule has 1 atom stereocenters. The zero-order valence-corrected chi connectivity index (χ0v) is 12.1. The van der Waals surface area contributed by atoms with Crippen LogP contribution in [0.15, 0.2) is 53.9 Å². The molecule has 102 valence electrons. The summed E-state index contributed by atoms with van der Waals surface area (Å²) in [6, 6.07) is 15.2. The van der Waals surface area contributed by atoms with E-state index in [-0.39, 0.29) is 11.9 Å². The number of thiophene rings is 1. The molecule has 2 aromatic carbocycles. The topological polar surface area (TPSA) is 12.0 Å². The first-order valence-corrected chi connectivity index (χ1v) is 7.63. The zero-order valence-electron chi connectivity index (χ0n) is 11.3. The van der Waals surface area contributed by atoms with Crippen LogP contribution in [0.4, 0.5) is 4.39 Å². The van der Waals surface area contributed by atoms with E-state index in [2.05, 4.69) is 22.8 Å². The average molecular weight is 285 g/mol. The lowest BCUT2D eigenvalue weighted by atomic mass is 9.97. The van der Waals surface area contributed by atoms with Crippen LogP contribution in [0.1, 0.15) is 24.1 Å². The van der Waals surface area contributed by atoms with Crippen molar-refractivity contribution in [1.82, 2.24) is 5.32 Å². The first-order chi connectivity index (χ1) is 9.81. The summed E-state index contributed by atoms with van der Waals surface area (Å²) in [5, 5.41) is 6.73. The second-order valence-corrected chi connectivity index (χ2v) is 5.61. The Balaban J connectivity index is 2.14. The van der Waals surface area contributed by atoms with Gasteiger partial charge < -0.3 is 5.32 Å². The predicted molar refractivity (Wildman–Crippen MR) is 83.7 cm³/mol. The van der Waals surface area contributed by atoms with Gasteiger partial charge in [-0.25, -0.2) is 4.39 Å². The summed E-state index contributed by atoms with van der Waals surface area (Å²) in [5.74, 6) is -0.159. The van der Waals surface area contributed by atoms with Crippen molar-refractivity contribution in [3.63, 3.8) is 0 Å². The van der Waals surface area contributed by atoms with Crippen molar-refractivity contribution in [2.24, 2.45) is 0 Å². The Hall–Kier alpha value is -1.71. The second-order valence-electron chi connectivity index (χ2n) is 4.70. The lowest BCUT2D eigenvalue weighted by Crippen LogP contribution is -2.22. The second kappa shape index (κ2) is 5.73. The Morgan fingerprint density at radius 2 is 1.80 bits per heavy atom. The van der Waals surface area contributed by atoms with E-state index < -0.39 is 0 Å². The normalized spacial score (nSPS) is 12.7. The fourth-order valence-electron chi connectivity index (χ4n) is 2.52. The number of fused-ring (bicyclic) bond motifs is 1. The Morgan fingerprint density at radius 3 is 2.60 bits per heavy atom. The maximum atomic E-state index is 14.1. The summed E-state index contributed by atoms with van der Waals surface area (Å²) in [5.41, 5.74) is 1.86. The first kappa shape index (κ1) is 13.3. The number of halogens is 1. The fourth-order valence-corrected chi connectivity index (χ4v) is 3.51. The Labute approximate surface area is 122 Å². The molecule has 1 nitrogen and oxygen atoms in total. The van der Waals surface area contributed by atoms with Crippen molar-refractivity contribution in [1.29, 1.82) is 0 Å². The van der Waals surface area contributed by atoms with Gasteiger partial charge in [-0.3, -0.25) is 0 Å². The first-order valence-electron chi connectivity index (χ1n) is 6.75. The van der Waals surface area contributed by atoms with Crippen molar-refractivity contribution in [2.75, 3.05) is 6.54 Å². The van der Waals surface area contributed by atoms with Crippen LogP contribution in [-0.2, 0) is 0 Å². The average Bonchev–Trinajstić information content (AvgIpc) is 2.90. The molecule has 3 rings (SSSR count). The zero-order chi connectivity index (χ0) is 13.9. The van der Waals surface area contributed by atoms with Gasteiger partial charge in [-0.05, 0) is 35.0 Å². The summed E-state index contributed by atoms with van der Waals surface area (Å²) >= 11 is 1.71.